The van der Waals surface area contributed by atoms with Gasteiger partial charge >= 0.3 is 0 Å². The third-order valence-corrected chi connectivity index (χ3v) is 3.05. The predicted molar refractivity (Wildman–Crippen MR) is 65.1 cm³/mol. The molecule has 2 rings (SSSR count). The van der Waals surface area contributed by atoms with E-state index in [4.69, 9.17) is 16.3 Å². The molecule has 0 saturated heterocycles. The molecule has 0 spiro atoms. The topological polar surface area (TPSA) is 37.9 Å². The van der Waals surface area contributed by atoms with Crippen molar-refractivity contribution in [1.82, 2.24) is 10.2 Å². The first-order chi connectivity index (χ1) is 7.65. The Morgan fingerprint density at radius 1 is 1.38 bits per heavy atom. The third kappa shape index (κ3) is 1.67. The van der Waals surface area contributed by atoms with Gasteiger partial charge in [0.05, 0.1) is 13.3 Å². The number of benzene rings is 1. The van der Waals surface area contributed by atoms with Gasteiger partial charge in [0.25, 0.3) is 0 Å². The Balaban J connectivity index is 2.75. The third-order valence-electron chi connectivity index (χ3n) is 2.65. The molecule has 0 aliphatic rings. The van der Waals surface area contributed by atoms with E-state index in [1.165, 1.54) is 0 Å². The van der Waals surface area contributed by atoms with E-state index >= 15 is 0 Å². The molecule has 0 atom stereocenters. The first-order valence-electron chi connectivity index (χ1n) is 4.98. The molecule has 0 aliphatic carbocycles. The van der Waals surface area contributed by atoms with Crippen LogP contribution < -0.4 is 4.74 Å². The highest BCUT2D eigenvalue weighted by molar-refractivity contribution is 6.32. The highest BCUT2D eigenvalue weighted by atomic mass is 35.5. The quantitative estimate of drug-likeness (QED) is 0.868. The van der Waals surface area contributed by atoms with E-state index in [9.17, 15) is 0 Å². The van der Waals surface area contributed by atoms with Gasteiger partial charge in [-0.3, -0.25) is 5.10 Å². The summed E-state index contributed by atoms with van der Waals surface area (Å²) in [4.78, 5) is 0. The number of ether oxygens (including phenoxy) is 1. The predicted octanol–water partition coefficient (Wildman–Crippen LogP) is 3.36. The molecular formula is C12H13ClN2O. The Kier molecular flexibility index (Phi) is 2.88. The molecule has 4 heteroatoms. The lowest BCUT2D eigenvalue weighted by molar-refractivity contribution is 0.413. The molecule has 0 unspecified atom stereocenters. The van der Waals surface area contributed by atoms with Crippen molar-refractivity contribution in [3.63, 3.8) is 0 Å². The van der Waals surface area contributed by atoms with Crippen molar-refractivity contribution in [2.45, 2.75) is 13.8 Å². The van der Waals surface area contributed by atoms with Gasteiger partial charge in [0.1, 0.15) is 5.75 Å². The van der Waals surface area contributed by atoms with Crippen molar-refractivity contribution in [3.8, 4) is 16.9 Å². The first kappa shape index (κ1) is 11.0. The zero-order chi connectivity index (χ0) is 11.7. The van der Waals surface area contributed by atoms with Crippen LogP contribution in [-0.4, -0.2) is 17.3 Å². The van der Waals surface area contributed by atoms with Crippen LogP contribution in [0.1, 0.15) is 11.1 Å². The minimum absolute atomic E-state index is 0.745. The minimum Gasteiger partial charge on any atom is -0.496 e. The maximum absolute atomic E-state index is 6.18. The van der Waals surface area contributed by atoms with Gasteiger partial charge in [-0.25, -0.2) is 0 Å². The van der Waals surface area contributed by atoms with Crippen LogP contribution in [0.15, 0.2) is 18.5 Å². The lowest BCUT2D eigenvalue weighted by Gasteiger charge is -2.14. The van der Waals surface area contributed by atoms with Crippen LogP contribution in [0.5, 0.6) is 5.75 Å². The van der Waals surface area contributed by atoms with E-state index in [2.05, 4.69) is 10.2 Å². The number of aromatic amines is 1. The van der Waals surface area contributed by atoms with E-state index in [0.29, 0.717) is 0 Å². The summed E-state index contributed by atoms with van der Waals surface area (Å²) in [5, 5.41) is 7.49. The average molecular weight is 237 g/mol. The van der Waals surface area contributed by atoms with Gasteiger partial charge in [-0.05, 0) is 31.0 Å². The maximum Gasteiger partial charge on any atom is 0.130 e. The standard InChI is InChI=1S/C12H13ClN2O/c1-7-4-10(13)8(2)11(12(7)16-3)9-5-14-15-6-9/h4-6H,1-3H3,(H,14,15). The number of methoxy groups -OCH3 is 1. The Morgan fingerprint density at radius 2 is 2.12 bits per heavy atom. The second-order valence-corrected chi connectivity index (χ2v) is 4.10. The molecule has 1 aromatic carbocycles. The first-order valence-corrected chi connectivity index (χ1v) is 5.35. The van der Waals surface area contributed by atoms with Crippen molar-refractivity contribution in [3.05, 3.63) is 34.6 Å². The summed E-state index contributed by atoms with van der Waals surface area (Å²) in [6.45, 7) is 3.96. The molecule has 0 amide bonds. The minimum atomic E-state index is 0.745. The Hall–Kier alpha value is -1.48. The normalized spacial score (nSPS) is 10.5. The average Bonchev–Trinajstić information content (AvgIpc) is 2.76. The summed E-state index contributed by atoms with van der Waals surface area (Å²) >= 11 is 6.18. The Labute approximate surface area is 99.4 Å². The van der Waals surface area contributed by atoms with E-state index < -0.39 is 0 Å². The van der Waals surface area contributed by atoms with Crippen LogP contribution in [0.4, 0.5) is 0 Å². The fourth-order valence-electron chi connectivity index (χ4n) is 1.85. The molecular weight excluding hydrogens is 224 g/mol. The zero-order valence-corrected chi connectivity index (χ0v) is 10.2. The number of rotatable bonds is 2. The number of nitrogens with one attached hydrogen (secondary N) is 1. The van der Waals surface area contributed by atoms with Crippen LogP contribution in [0.3, 0.4) is 0 Å². The van der Waals surface area contributed by atoms with Crippen molar-refractivity contribution in [2.75, 3.05) is 7.11 Å². The molecule has 16 heavy (non-hydrogen) atoms. The number of H-pyrrole nitrogens is 1. The number of nitrogens with zero attached hydrogens (tertiary/aromatic N) is 1. The summed E-state index contributed by atoms with van der Waals surface area (Å²) in [6.07, 6.45) is 3.60. The van der Waals surface area contributed by atoms with E-state index in [1.807, 2.05) is 26.1 Å². The number of hydrogen-bond acceptors (Lipinski definition) is 2. The van der Waals surface area contributed by atoms with Crippen molar-refractivity contribution in [1.29, 1.82) is 0 Å². The van der Waals surface area contributed by atoms with Crippen LogP contribution in [0.2, 0.25) is 5.02 Å². The molecule has 3 nitrogen and oxygen atoms in total. The van der Waals surface area contributed by atoms with Crippen molar-refractivity contribution >= 4 is 11.6 Å². The Morgan fingerprint density at radius 3 is 2.69 bits per heavy atom. The second-order valence-electron chi connectivity index (χ2n) is 3.70. The highest BCUT2D eigenvalue weighted by Gasteiger charge is 2.15. The van der Waals surface area contributed by atoms with Gasteiger partial charge in [0.2, 0.25) is 0 Å². The highest BCUT2D eigenvalue weighted by Crippen LogP contribution is 2.38. The summed E-state index contributed by atoms with van der Waals surface area (Å²) in [6, 6.07) is 1.92. The van der Waals surface area contributed by atoms with E-state index in [1.54, 1.807) is 13.3 Å². The molecule has 0 aliphatic heterocycles. The van der Waals surface area contributed by atoms with Crippen LogP contribution in [-0.2, 0) is 0 Å². The van der Waals surface area contributed by atoms with Gasteiger partial charge < -0.3 is 4.74 Å². The zero-order valence-electron chi connectivity index (χ0n) is 9.47. The summed E-state index contributed by atoms with van der Waals surface area (Å²) in [5.41, 5.74) is 4.01. The van der Waals surface area contributed by atoms with Gasteiger partial charge in [-0.2, -0.15) is 5.10 Å². The maximum atomic E-state index is 6.18. The van der Waals surface area contributed by atoms with E-state index in [0.717, 1.165) is 33.0 Å². The van der Waals surface area contributed by atoms with Crippen molar-refractivity contribution in [2.24, 2.45) is 0 Å². The lowest BCUT2D eigenvalue weighted by Crippen LogP contribution is -1.94. The van der Waals surface area contributed by atoms with Crippen molar-refractivity contribution < 1.29 is 4.74 Å². The molecule has 1 heterocycles. The van der Waals surface area contributed by atoms with Gasteiger partial charge in [-0.15, -0.1) is 0 Å². The summed E-state index contributed by atoms with van der Waals surface area (Å²) in [5.74, 6) is 0.850. The molecule has 0 bridgehead atoms. The fraction of sp³-hybridized carbons (Fsp3) is 0.250. The van der Waals surface area contributed by atoms with Gasteiger partial charge in [-0.1, -0.05) is 11.6 Å². The smallest absolute Gasteiger partial charge is 0.130 e. The van der Waals surface area contributed by atoms with Gasteiger partial charge in [0, 0.05) is 22.3 Å². The molecule has 0 radical (unpaired) electrons. The van der Waals surface area contributed by atoms with Gasteiger partial charge in [0.15, 0.2) is 0 Å². The molecule has 2 aromatic rings. The summed E-state index contributed by atoms with van der Waals surface area (Å²) in [7, 11) is 1.67. The van der Waals surface area contributed by atoms with E-state index in [-0.39, 0.29) is 0 Å². The van der Waals surface area contributed by atoms with Crippen LogP contribution in [0, 0.1) is 13.8 Å². The summed E-state index contributed by atoms with van der Waals surface area (Å²) < 4.78 is 5.44. The lowest BCUT2D eigenvalue weighted by atomic mass is 9.99. The van der Waals surface area contributed by atoms with Crippen LogP contribution in [0.25, 0.3) is 11.1 Å². The molecule has 0 saturated carbocycles. The SMILES string of the molecule is COc1c(C)cc(Cl)c(C)c1-c1cn[nH]c1. The molecule has 1 aromatic heterocycles. The van der Waals surface area contributed by atoms with Crippen LogP contribution >= 0.6 is 11.6 Å². The number of aromatic nitrogens is 2. The number of halogens is 1. The Bertz CT molecular complexity index is 506. The molecule has 0 fully saturated rings. The monoisotopic (exact) mass is 236 g/mol. The number of hydrogen-bond donors (Lipinski definition) is 1. The fourth-order valence-corrected chi connectivity index (χ4v) is 2.11. The molecule has 84 valence electrons. The largest absolute Gasteiger partial charge is 0.496 e. The second kappa shape index (κ2) is 4.18. The number of aryl methyl sites for hydroxylation is 1. The molecule has 1 N–H and O–H groups in total.